The largest absolute Gasteiger partial charge is 0.469 e. The number of esters is 1. The summed E-state index contributed by atoms with van der Waals surface area (Å²) in [7, 11) is 1.38. The molecule has 0 saturated heterocycles. The minimum Gasteiger partial charge on any atom is -0.469 e. The highest BCUT2D eigenvalue weighted by Crippen LogP contribution is 2.41. The molecule has 0 amide bonds. The summed E-state index contributed by atoms with van der Waals surface area (Å²) in [6, 6.07) is 0. The third kappa shape index (κ3) is 3.42. The predicted molar refractivity (Wildman–Crippen MR) is 66.5 cm³/mol. The molecule has 3 nitrogen and oxygen atoms in total. The molecule has 1 aliphatic carbocycles. The first kappa shape index (κ1) is 13.9. The summed E-state index contributed by atoms with van der Waals surface area (Å²) in [5.74, 6) is 0.357. The number of carbonyl (C=O) groups excluding carboxylic acids is 2. The lowest BCUT2D eigenvalue weighted by atomic mass is 9.67. The fraction of sp³-hybridized carbons (Fsp3) is 0.714. The van der Waals surface area contributed by atoms with Crippen LogP contribution in [-0.2, 0) is 14.3 Å². The van der Waals surface area contributed by atoms with Crippen LogP contribution in [-0.4, -0.2) is 18.9 Å². The first-order valence-corrected chi connectivity index (χ1v) is 6.14. The van der Waals surface area contributed by atoms with E-state index in [9.17, 15) is 9.59 Å². The standard InChI is InChI=1S/C14H22O3/c1-10(2)11-5-7-14(3,12(15)9-11)8-6-13(16)17-4/h11H,1,5-9H2,2-4H3/t11-,14-/m0/s1. The lowest BCUT2D eigenvalue weighted by Crippen LogP contribution is -2.35. The van der Waals surface area contributed by atoms with Crippen molar-refractivity contribution in [3.63, 3.8) is 0 Å². The predicted octanol–water partition coefficient (Wildman–Crippen LogP) is 2.89. The quantitative estimate of drug-likeness (QED) is 0.558. The molecule has 0 unspecified atom stereocenters. The molecule has 0 spiro atoms. The van der Waals surface area contributed by atoms with E-state index in [1.165, 1.54) is 7.11 Å². The number of Topliss-reactive ketones (excluding diaryl/α,β-unsaturated/α-hetero) is 1. The molecule has 1 rings (SSSR count). The van der Waals surface area contributed by atoms with Crippen molar-refractivity contribution in [3.8, 4) is 0 Å². The molecule has 0 aromatic rings. The summed E-state index contributed by atoms with van der Waals surface area (Å²) in [5, 5.41) is 0. The number of ether oxygens (including phenoxy) is 1. The van der Waals surface area contributed by atoms with E-state index in [1.54, 1.807) is 0 Å². The van der Waals surface area contributed by atoms with Crippen LogP contribution in [0.4, 0.5) is 0 Å². The van der Waals surface area contributed by atoms with Crippen molar-refractivity contribution < 1.29 is 14.3 Å². The topological polar surface area (TPSA) is 43.4 Å². The summed E-state index contributed by atoms with van der Waals surface area (Å²) in [5.41, 5.74) is 0.744. The van der Waals surface area contributed by atoms with E-state index in [-0.39, 0.29) is 17.2 Å². The minimum atomic E-state index is -0.347. The summed E-state index contributed by atoms with van der Waals surface area (Å²) in [4.78, 5) is 23.3. The van der Waals surface area contributed by atoms with E-state index < -0.39 is 0 Å². The Balaban J connectivity index is 2.57. The van der Waals surface area contributed by atoms with Gasteiger partial charge in [-0.05, 0) is 32.1 Å². The Labute approximate surface area is 103 Å². The molecule has 0 aromatic heterocycles. The number of hydrogen-bond acceptors (Lipinski definition) is 3. The average molecular weight is 238 g/mol. The number of rotatable bonds is 4. The molecule has 96 valence electrons. The van der Waals surface area contributed by atoms with E-state index in [0.717, 1.165) is 18.4 Å². The van der Waals surface area contributed by atoms with Gasteiger partial charge in [0.1, 0.15) is 5.78 Å². The lowest BCUT2D eigenvalue weighted by Gasteiger charge is -2.36. The molecular formula is C14H22O3. The van der Waals surface area contributed by atoms with Crippen LogP contribution in [0.15, 0.2) is 12.2 Å². The van der Waals surface area contributed by atoms with Gasteiger partial charge in [-0.25, -0.2) is 0 Å². The first-order valence-electron chi connectivity index (χ1n) is 6.14. The van der Waals surface area contributed by atoms with E-state index >= 15 is 0 Å². The highest BCUT2D eigenvalue weighted by atomic mass is 16.5. The van der Waals surface area contributed by atoms with Gasteiger partial charge in [0.2, 0.25) is 0 Å². The fourth-order valence-corrected chi connectivity index (χ4v) is 2.37. The van der Waals surface area contributed by atoms with Crippen molar-refractivity contribution in [2.24, 2.45) is 11.3 Å². The molecule has 0 N–H and O–H groups in total. The molecule has 1 aliphatic rings. The van der Waals surface area contributed by atoms with E-state index in [4.69, 9.17) is 0 Å². The molecule has 0 aliphatic heterocycles. The molecule has 0 heterocycles. The van der Waals surface area contributed by atoms with Crippen molar-refractivity contribution in [2.45, 2.75) is 46.0 Å². The van der Waals surface area contributed by atoms with Crippen LogP contribution in [0.1, 0.15) is 46.0 Å². The van der Waals surface area contributed by atoms with Gasteiger partial charge in [0.25, 0.3) is 0 Å². The van der Waals surface area contributed by atoms with Crippen LogP contribution in [0.3, 0.4) is 0 Å². The smallest absolute Gasteiger partial charge is 0.305 e. The van der Waals surface area contributed by atoms with Crippen molar-refractivity contribution in [3.05, 3.63) is 12.2 Å². The van der Waals surface area contributed by atoms with Crippen LogP contribution >= 0.6 is 0 Å². The summed E-state index contributed by atoms with van der Waals surface area (Å²) >= 11 is 0. The molecule has 2 atom stereocenters. The van der Waals surface area contributed by atoms with Gasteiger partial charge in [0.05, 0.1) is 7.11 Å². The van der Waals surface area contributed by atoms with E-state index in [2.05, 4.69) is 11.3 Å². The highest BCUT2D eigenvalue weighted by molar-refractivity contribution is 5.86. The third-order valence-corrected chi connectivity index (χ3v) is 3.96. The van der Waals surface area contributed by atoms with E-state index in [0.29, 0.717) is 25.2 Å². The SMILES string of the molecule is C=C(C)[C@H]1CC[C@@](C)(CCC(=O)OC)C(=O)C1. The van der Waals surface area contributed by atoms with Gasteiger partial charge < -0.3 is 4.74 Å². The van der Waals surface area contributed by atoms with Crippen molar-refractivity contribution >= 4 is 11.8 Å². The zero-order valence-electron chi connectivity index (χ0n) is 11.0. The van der Waals surface area contributed by atoms with Gasteiger partial charge in [0.15, 0.2) is 0 Å². The second-order valence-corrected chi connectivity index (χ2v) is 5.35. The van der Waals surface area contributed by atoms with Crippen LogP contribution in [0.2, 0.25) is 0 Å². The second kappa shape index (κ2) is 5.48. The fourth-order valence-electron chi connectivity index (χ4n) is 2.37. The lowest BCUT2D eigenvalue weighted by molar-refractivity contribution is -0.142. The van der Waals surface area contributed by atoms with E-state index in [1.807, 2.05) is 13.8 Å². The second-order valence-electron chi connectivity index (χ2n) is 5.35. The molecular weight excluding hydrogens is 216 g/mol. The maximum absolute atomic E-state index is 12.1. The Kier molecular flexibility index (Phi) is 4.49. The molecule has 3 heteroatoms. The summed E-state index contributed by atoms with van der Waals surface area (Å²) < 4.78 is 4.62. The normalized spacial score (nSPS) is 28.9. The van der Waals surface area contributed by atoms with Crippen LogP contribution in [0, 0.1) is 11.3 Å². The number of carbonyl (C=O) groups is 2. The van der Waals surface area contributed by atoms with Crippen molar-refractivity contribution in [1.29, 1.82) is 0 Å². The van der Waals surface area contributed by atoms with Gasteiger partial charge in [-0.3, -0.25) is 9.59 Å². The number of methoxy groups -OCH3 is 1. The number of hydrogen-bond donors (Lipinski definition) is 0. The average Bonchev–Trinajstić information content (AvgIpc) is 2.29. The zero-order chi connectivity index (χ0) is 13.1. The number of allylic oxidation sites excluding steroid dienone is 1. The maximum atomic E-state index is 12.1. The van der Waals surface area contributed by atoms with Crippen LogP contribution < -0.4 is 0 Å². The van der Waals surface area contributed by atoms with Gasteiger partial charge in [-0.2, -0.15) is 0 Å². The van der Waals surface area contributed by atoms with Gasteiger partial charge >= 0.3 is 5.97 Å². The van der Waals surface area contributed by atoms with Gasteiger partial charge in [0, 0.05) is 18.3 Å². The maximum Gasteiger partial charge on any atom is 0.305 e. The Morgan fingerprint density at radius 3 is 2.71 bits per heavy atom. The van der Waals surface area contributed by atoms with Gasteiger partial charge in [-0.1, -0.05) is 19.1 Å². The highest BCUT2D eigenvalue weighted by Gasteiger charge is 2.38. The molecule has 1 saturated carbocycles. The first-order chi connectivity index (χ1) is 7.89. The van der Waals surface area contributed by atoms with Gasteiger partial charge in [-0.15, -0.1) is 0 Å². The molecule has 0 radical (unpaired) electrons. The van der Waals surface area contributed by atoms with Crippen molar-refractivity contribution in [2.75, 3.05) is 7.11 Å². The Hall–Kier alpha value is -1.12. The monoisotopic (exact) mass is 238 g/mol. The van der Waals surface area contributed by atoms with Crippen molar-refractivity contribution in [1.82, 2.24) is 0 Å². The summed E-state index contributed by atoms with van der Waals surface area (Å²) in [6.45, 7) is 7.87. The molecule has 0 bridgehead atoms. The Morgan fingerprint density at radius 2 is 2.24 bits per heavy atom. The number of ketones is 1. The zero-order valence-corrected chi connectivity index (χ0v) is 11.0. The Bertz CT molecular complexity index is 332. The molecule has 0 aromatic carbocycles. The van der Waals surface area contributed by atoms with Crippen LogP contribution in [0.5, 0.6) is 0 Å². The molecule has 1 fully saturated rings. The third-order valence-electron chi connectivity index (χ3n) is 3.96. The molecule has 17 heavy (non-hydrogen) atoms. The Morgan fingerprint density at radius 1 is 1.59 bits per heavy atom. The van der Waals surface area contributed by atoms with Crippen LogP contribution in [0.25, 0.3) is 0 Å². The minimum absolute atomic E-state index is 0.235. The summed E-state index contributed by atoms with van der Waals surface area (Å²) in [6.07, 6.45) is 3.35.